The standard InChI is InChI=1S/C8H15Cl2NO/c1-3-4-5-11-7(12)8(2,10)6-9/h3-6H2,1-2H3,(H,11,12). The number of carbonyl (C=O) groups excluding carboxylic acids is 1. The van der Waals surface area contributed by atoms with E-state index >= 15 is 0 Å². The first-order valence-corrected chi connectivity index (χ1v) is 4.99. The lowest BCUT2D eigenvalue weighted by atomic mass is 10.2. The van der Waals surface area contributed by atoms with Crippen molar-refractivity contribution in [2.75, 3.05) is 12.4 Å². The van der Waals surface area contributed by atoms with Gasteiger partial charge in [-0.1, -0.05) is 13.3 Å². The topological polar surface area (TPSA) is 29.1 Å². The van der Waals surface area contributed by atoms with E-state index in [-0.39, 0.29) is 11.8 Å². The van der Waals surface area contributed by atoms with Crippen LogP contribution in [0.2, 0.25) is 0 Å². The van der Waals surface area contributed by atoms with Crippen LogP contribution >= 0.6 is 23.2 Å². The van der Waals surface area contributed by atoms with Crippen molar-refractivity contribution in [2.45, 2.75) is 31.6 Å². The van der Waals surface area contributed by atoms with Crippen molar-refractivity contribution in [1.82, 2.24) is 5.32 Å². The third-order valence-corrected chi connectivity index (χ3v) is 2.52. The second-order valence-corrected chi connectivity index (χ2v) is 4.04. The van der Waals surface area contributed by atoms with Crippen LogP contribution in [0, 0.1) is 0 Å². The highest BCUT2D eigenvalue weighted by Crippen LogP contribution is 2.15. The van der Waals surface area contributed by atoms with E-state index in [2.05, 4.69) is 12.2 Å². The van der Waals surface area contributed by atoms with E-state index in [0.29, 0.717) is 6.54 Å². The molecule has 2 nitrogen and oxygen atoms in total. The predicted octanol–water partition coefficient (Wildman–Crippen LogP) is 2.14. The summed E-state index contributed by atoms with van der Waals surface area (Å²) in [5, 5.41) is 2.72. The summed E-state index contributed by atoms with van der Waals surface area (Å²) in [6.45, 7) is 4.35. The van der Waals surface area contributed by atoms with E-state index in [1.165, 1.54) is 0 Å². The molecule has 1 N–H and O–H groups in total. The predicted molar refractivity (Wildman–Crippen MR) is 52.9 cm³/mol. The normalized spacial score (nSPS) is 15.3. The molecule has 12 heavy (non-hydrogen) atoms. The highest BCUT2D eigenvalue weighted by atomic mass is 35.5. The lowest BCUT2D eigenvalue weighted by molar-refractivity contribution is -0.122. The molecule has 1 amide bonds. The fourth-order valence-electron chi connectivity index (χ4n) is 0.624. The second kappa shape index (κ2) is 5.65. The van der Waals surface area contributed by atoms with Crippen LogP contribution in [-0.2, 0) is 4.79 Å². The van der Waals surface area contributed by atoms with Gasteiger partial charge in [-0.15, -0.1) is 23.2 Å². The monoisotopic (exact) mass is 211 g/mol. The molecule has 0 heterocycles. The van der Waals surface area contributed by atoms with Crippen LogP contribution in [0.5, 0.6) is 0 Å². The number of halogens is 2. The average molecular weight is 212 g/mol. The summed E-state index contributed by atoms with van der Waals surface area (Å²) >= 11 is 11.3. The minimum atomic E-state index is -0.963. The smallest absolute Gasteiger partial charge is 0.242 e. The molecule has 0 aliphatic carbocycles. The van der Waals surface area contributed by atoms with Crippen molar-refractivity contribution >= 4 is 29.1 Å². The van der Waals surface area contributed by atoms with Crippen LogP contribution in [0.3, 0.4) is 0 Å². The van der Waals surface area contributed by atoms with Crippen molar-refractivity contribution in [2.24, 2.45) is 0 Å². The van der Waals surface area contributed by atoms with Gasteiger partial charge in [0.15, 0.2) is 0 Å². The summed E-state index contributed by atoms with van der Waals surface area (Å²) in [7, 11) is 0. The lowest BCUT2D eigenvalue weighted by Gasteiger charge is -2.17. The number of amides is 1. The Balaban J connectivity index is 3.72. The summed E-state index contributed by atoms with van der Waals surface area (Å²) in [5.74, 6) is -0.0559. The number of hydrogen-bond donors (Lipinski definition) is 1. The summed E-state index contributed by atoms with van der Waals surface area (Å²) < 4.78 is 0. The minimum Gasteiger partial charge on any atom is -0.355 e. The molecule has 1 unspecified atom stereocenters. The number of alkyl halides is 2. The van der Waals surface area contributed by atoms with E-state index in [0.717, 1.165) is 12.8 Å². The maximum Gasteiger partial charge on any atom is 0.242 e. The Kier molecular flexibility index (Phi) is 5.68. The van der Waals surface area contributed by atoms with E-state index in [1.54, 1.807) is 6.92 Å². The van der Waals surface area contributed by atoms with Gasteiger partial charge in [0.2, 0.25) is 5.91 Å². The number of unbranched alkanes of at least 4 members (excludes halogenated alkanes) is 1. The maximum atomic E-state index is 11.2. The van der Waals surface area contributed by atoms with Crippen LogP contribution in [0.1, 0.15) is 26.7 Å². The molecule has 0 bridgehead atoms. The first-order chi connectivity index (χ1) is 5.54. The van der Waals surface area contributed by atoms with Crippen LogP contribution in [-0.4, -0.2) is 23.2 Å². The molecule has 0 spiro atoms. The molecule has 0 rings (SSSR count). The van der Waals surface area contributed by atoms with Gasteiger partial charge in [0, 0.05) is 6.54 Å². The molecule has 4 heteroatoms. The van der Waals surface area contributed by atoms with Crippen LogP contribution in [0.25, 0.3) is 0 Å². The van der Waals surface area contributed by atoms with Gasteiger partial charge in [-0.3, -0.25) is 4.79 Å². The molecule has 0 aliphatic rings. The average Bonchev–Trinajstić information content (AvgIpc) is 2.05. The molecule has 0 aliphatic heterocycles. The summed E-state index contributed by atoms with van der Waals surface area (Å²) in [6.07, 6.45) is 2.03. The third kappa shape index (κ3) is 4.17. The van der Waals surface area contributed by atoms with Gasteiger partial charge in [0.1, 0.15) is 4.87 Å². The number of carbonyl (C=O) groups is 1. The zero-order valence-corrected chi connectivity index (χ0v) is 9.00. The fourth-order valence-corrected chi connectivity index (χ4v) is 0.812. The molecule has 0 radical (unpaired) electrons. The first-order valence-electron chi connectivity index (χ1n) is 4.07. The SMILES string of the molecule is CCCCNC(=O)C(C)(Cl)CCl. The largest absolute Gasteiger partial charge is 0.355 e. The van der Waals surface area contributed by atoms with Gasteiger partial charge in [-0.25, -0.2) is 0 Å². The molecule has 72 valence electrons. The van der Waals surface area contributed by atoms with E-state index < -0.39 is 4.87 Å². The van der Waals surface area contributed by atoms with Gasteiger partial charge in [0.25, 0.3) is 0 Å². The second-order valence-electron chi connectivity index (χ2n) is 2.94. The van der Waals surface area contributed by atoms with Crippen molar-refractivity contribution < 1.29 is 4.79 Å². The zero-order chi connectivity index (χ0) is 9.61. The van der Waals surface area contributed by atoms with E-state index in [9.17, 15) is 4.79 Å². The summed E-state index contributed by atoms with van der Waals surface area (Å²) in [5.41, 5.74) is 0. The Bertz CT molecular complexity index is 148. The summed E-state index contributed by atoms with van der Waals surface area (Å²) in [4.78, 5) is 10.3. The van der Waals surface area contributed by atoms with Crippen molar-refractivity contribution in [1.29, 1.82) is 0 Å². The Morgan fingerprint density at radius 1 is 1.58 bits per heavy atom. The van der Waals surface area contributed by atoms with Gasteiger partial charge in [-0.05, 0) is 13.3 Å². The number of nitrogens with one attached hydrogen (secondary N) is 1. The van der Waals surface area contributed by atoms with Gasteiger partial charge in [-0.2, -0.15) is 0 Å². The van der Waals surface area contributed by atoms with E-state index in [1.807, 2.05) is 0 Å². The Labute approximate surface area is 83.6 Å². The molecule has 0 aromatic heterocycles. The van der Waals surface area contributed by atoms with Gasteiger partial charge in [0.05, 0.1) is 5.88 Å². The van der Waals surface area contributed by atoms with E-state index in [4.69, 9.17) is 23.2 Å². The van der Waals surface area contributed by atoms with Crippen LogP contribution < -0.4 is 5.32 Å². The molecule has 0 aromatic rings. The molecule has 0 aromatic carbocycles. The molecule has 0 saturated carbocycles. The maximum absolute atomic E-state index is 11.2. The lowest BCUT2D eigenvalue weighted by Crippen LogP contribution is -2.41. The summed E-state index contributed by atoms with van der Waals surface area (Å²) in [6, 6.07) is 0. The van der Waals surface area contributed by atoms with Crippen molar-refractivity contribution in [3.05, 3.63) is 0 Å². The number of hydrogen-bond acceptors (Lipinski definition) is 1. The molecule has 0 fully saturated rings. The molecule has 1 atom stereocenters. The Hall–Kier alpha value is 0.0500. The van der Waals surface area contributed by atoms with Crippen molar-refractivity contribution in [3.63, 3.8) is 0 Å². The number of rotatable bonds is 5. The third-order valence-electron chi connectivity index (χ3n) is 1.54. The van der Waals surface area contributed by atoms with Crippen LogP contribution in [0.15, 0.2) is 0 Å². The minimum absolute atomic E-state index is 0.131. The molecular formula is C8H15Cl2NO. The zero-order valence-electron chi connectivity index (χ0n) is 7.49. The molecular weight excluding hydrogens is 197 g/mol. The van der Waals surface area contributed by atoms with Gasteiger partial charge >= 0.3 is 0 Å². The van der Waals surface area contributed by atoms with Crippen LogP contribution in [0.4, 0.5) is 0 Å². The van der Waals surface area contributed by atoms with Gasteiger partial charge < -0.3 is 5.32 Å². The Morgan fingerprint density at radius 2 is 2.17 bits per heavy atom. The highest BCUT2D eigenvalue weighted by Gasteiger charge is 2.28. The Morgan fingerprint density at radius 3 is 2.58 bits per heavy atom. The fraction of sp³-hybridized carbons (Fsp3) is 0.875. The van der Waals surface area contributed by atoms with Crippen molar-refractivity contribution in [3.8, 4) is 0 Å². The molecule has 0 saturated heterocycles. The quantitative estimate of drug-likeness (QED) is 0.549. The first kappa shape index (κ1) is 12.0. The highest BCUT2D eigenvalue weighted by molar-refractivity contribution is 6.39.